The number of hydrogen-bond donors (Lipinski definition) is 1. The zero-order valence-electron chi connectivity index (χ0n) is 11.0. The molecular formula is C14H22N2O. The van der Waals surface area contributed by atoms with Crippen molar-refractivity contribution < 1.29 is 4.74 Å². The van der Waals surface area contributed by atoms with Gasteiger partial charge in [-0.2, -0.15) is 0 Å². The van der Waals surface area contributed by atoms with Crippen molar-refractivity contribution in [2.75, 3.05) is 33.3 Å². The number of nitrogens with zero attached hydrogens (tertiary/aromatic N) is 1. The Kier molecular flexibility index (Phi) is 4.02. The number of benzene rings is 1. The van der Waals surface area contributed by atoms with E-state index in [0.29, 0.717) is 0 Å². The minimum atomic E-state index is 0.992. The van der Waals surface area contributed by atoms with Crippen molar-refractivity contribution in [1.29, 1.82) is 0 Å². The number of rotatable bonds is 3. The maximum absolute atomic E-state index is 5.56. The van der Waals surface area contributed by atoms with Crippen LogP contribution in [0, 0.1) is 13.8 Å². The number of hydrogen-bond acceptors (Lipinski definition) is 3. The Morgan fingerprint density at radius 2 is 1.94 bits per heavy atom. The molecule has 0 aliphatic carbocycles. The van der Waals surface area contributed by atoms with Gasteiger partial charge in [0.25, 0.3) is 0 Å². The molecule has 0 spiro atoms. The number of nitrogens with one attached hydrogen (secondary N) is 1. The van der Waals surface area contributed by atoms with Crippen LogP contribution in [0.2, 0.25) is 0 Å². The van der Waals surface area contributed by atoms with Crippen molar-refractivity contribution in [2.45, 2.75) is 20.4 Å². The minimum Gasteiger partial charge on any atom is -0.496 e. The Morgan fingerprint density at radius 1 is 1.24 bits per heavy atom. The van der Waals surface area contributed by atoms with Gasteiger partial charge in [-0.25, -0.2) is 0 Å². The van der Waals surface area contributed by atoms with Gasteiger partial charge in [0.15, 0.2) is 0 Å². The summed E-state index contributed by atoms with van der Waals surface area (Å²) in [5, 5.41) is 3.38. The van der Waals surface area contributed by atoms with Crippen molar-refractivity contribution in [3.63, 3.8) is 0 Å². The molecule has 3 heteroatoms. The van der Waals surface area contributed by atoms with E-state index < -0.39 is 0 Å². The van der Waals surface area contributed by atoms with Crippen LogP contribution in [0.3, 0.4) is 0 Å². The first-order valence-electron chi connectivity index (χ1n) is 6.28. The van der Waals surface area contributed by atoms with E-state index in [1.165, 1.54) is 16.7 Å². The molecule has 0 aromatic heterocycles. The lowest BCUT2D eigenvalue weighted by Crippen LogP contribution is -2.42. The highest BCUT2D eigenvalue weighted by atomic mass is 16.5. The molecule has 0 unspecified atom stereocenters. The van der Waals surface area contributed by atoms with E-state index in [9.17, 15) is 0 Å². The molecule has 1 aromatic carbocycles. The van der Waals surface area contributed by atoms with Crippen LogP contribution in [-0.4, -0.2) is 38.2 Å². The molecule has 0 bridgehead atoms. The summed E-state index contributed by atoms with van der Waals surface area (Å²) < 4.78 is 5.56. The average molecular weight is 234 g/mol. The Balaban J connectivity index is 2.17. The number of methoxy groups -OCH3 is 1. The zero-order valence-corrected chi connectivity index (χ0v) is 11.0. The maximum Gasteiger partial charge on any atom is 0.126 e. The summed E-state index contributed by atoms with van der Waals surface area (Å²) in [6, 6.07) is 4.39. The highest BCUT2D eigenvalue weighted by Crippen LogP contribution is 2.27. The van der Waals surface area contributed by atoms with Gasteiger partial charge in [0, 0.05) is 38.3 Å². The van der Waals surface area contributed by atoms with Crippen molar-refractivity contribution in [3.8, 4) is 5.75 Å². The lowest BCUT2D eigenvalue weighted by molar-refractivity contribution is 0.230. The summed E-state index contributed by atoms with van der Waals surface area (Å²) in [6.07, 6.45) is 0. The van der Waals surface area contributed by atoms with Crippen LogP contribution in [0.25, 0.3) is 0 Å². The van der Waals surface area contributed by atoms with Crippen LogP contribution in [0.15, 0.2) is 12.1 Å². The summed E-state index contributed by atoms with van der Waals surface area (Å²) in [7, 11) is 1.77. The minimum absolute atomic E-state index is 0.992. The van der Waals surface area contributed by atoms with Gasteiger partial charge in [0.1, 0.15) is 5.75 Å². The highest BCUT2D eigenvalue weighted by Gasteiger charge is 2.14. The molecule has 94 valence electrons. The molecule has 1 aliphatic rings. The van der Waals surface area contributed by atoms with Crippen molar-refractivity contribution in [1.82, 2.24) is 10.2 Å². The second-order valence-electron chi connectivity index (χ2n) is 4.73. The fraction of sp³-hybridized carbons (Fsp3) is 0.571. The Labute approximate surface area is 104 Å². The standard InChI is InChI=1S/C14H22N2O/c1-11-4-5-13(14(17-3)12(11)2)10-16-8-6-15-7-9-16/h4-5,15H,6-10H2,1-3H3. The highest BCUT2D eigenvalue weighted by molar-refractivity contribution is 5.45. The molecule has 1 saturated heterocycles. The van der Waals surface area contributed by atoms with E-state index >= 15 is 0 Å². The predicted molar refractivity (Wildman–Crippen MR) is 70.6 cm³/mol. The van der Waals surface area contributed by atoms with E-state index in [1.807, 2.05) is 0 Å². The molecule has 0 radical (unpaired) electrons. The van der Waals surface area contributed by atoms with Crippen molar-refractivity contribution in [2.24, 2.45) is 0 Å². The van der Waals surface area contributed by atoms with E-state index in [1.54, 1.807) is 7.11 Å². The van der Waals surface area contributed by atoms with Crippen LogP contribution >= 0.6 is 0 Å². The first-order chi connectivity index (χ1) is 8.22. The van der Waals surface area contributed by atoms with Gasteiger partial charge >= 0.3 is 0 Å². The van der Waals surface area contributed by atoms with E-state index in [4.69, 9.17) is 4.74 Å². The summed E-state index contributed by atoms with van der Waals surface area (Å²) in [6.45, 7) is 9.68. The van der Waals surface area contributed by atoms with Crippen LogP contribution in [0.4, 0.5) is 0 Å². The third-order valence-electron chi connectivity index (χ3n) is 3.57. The van der Waals surface area contributed by atoms with Crippen molar-refractivity contribution in [3.05, 3.63) is 28.8 Å². The molecule has 1 aromatic rings. The van der Waals surface area contributed by atoms with Crippen LogP contribution < -0.4 is 10.1 Å². The zero-order chi connectivity index (χ0) is 12.3. The number of piperazine rings is 1. The molecule has 1 heterocycles. The number of aryl methyl sites for hydroxylation is 1. The Morgan fingerprint density at radius 3 is 2.59 bits per heavy atom. The first kappa shape index (κ1) is 12.4. The van der Waals surface area contributed by atoms with Crippen LogP contribution in [0.5, 0.6) is 5.75 Å². The molecule has 0 saturated carbocycles. The van der Waals surface area contributed by atoms with Crippen LogP contribution in [0.1, 0.15) is 16.7 Å². The molecule has 1 N–H and O–H groups in total. The lowest BCUT2D eigenvalue weighted by Gasteiger charge is -2.28. The predicted octanol–water partition coefficient (Wildman–Crippen LogP) is 1.72. The van der Waals surface area contributed by atoms with Gasteiger partial charge in [-0.05, 0) is 25.0 Å². The summed E-state index contributed by atoms with van der Waals surface area (Å²) in [5.74, 6) is 1.06. The van der Waals surface area contributed by atoms with Gasteiger partial charge < -0.3 is 10.1 Å². The molecule has 0 atom stereocenters. The summed E-state index contributed by atoms with van der Waals surface area (Å²) in [4.78, 5) is 2.48. The third-order valence-corrected chi connectivity index (χ3v) is 3.57. The molecule has 3 nitrogen and oxygen atoms in total. The maximum atomic E-state index is 5.56. The SMILES string of the molecule is COc1c(CN2CCNCC2)ccc(C)c1C. The largest absolute Gasteiger partial charge is 0.496 e. The fourth-order valence-electron chi connectivity index (χ4n) is 2.37. The van der Waals surface area contributed by atoms with E-state index in [-0.39, 0.29) is 0 Å². The smallest absolute Gasteiger partial charge is 0.126 e. The second kappa shape index (κ2) is 5.52. The average Bonchev–Trinajstić information content (AvgIpc) is 2.36. The van der Waals surface area contributed by atoms with Gasteiger partial charge in [-0.1, -0.05) is 12.1 Å². The van der Waals surface area contributed by atoms with Gasteiger partial charge in [-0.15, -0.1) is 0 Å². The molecular weight excluding hydrogens is 212 g/mol. The lowest BCUT2D eigenvalue weighted by atomic mass is 10.0. The van der Waals surface area contributed by atoms with Gasteiger partial charge in [0.05, 0.1) is 7.11 Å². The summed E-state index contributed by atoms with van der Waals surface area (Å²) in [5.41, 5.74) is 3.86. The van der Waals surface area contributed by atoms with Crippen molar-refractivity contribution >= 4 is 0 Å². The fourth-order valence-corrected chi connectivity index (χ4v) is 2.37. The van der Waals surface area contributed by atoms with Gasteiger partial charge in [0.2, 0.25) is 0 Å². The molecule has 17 heavy (non-hydrogen) atoms. The Bertz CT molecular complexity index is 384. The molecule has 1 aliphatic heterocycles. The van der Waals surface area contributed by atoms with E-state index in [2.05, 4.69) is 36.2 Å². The molecule has 0 amide bonds. The normalized spacial score (nSPS) is 17.1. The van der Waals surface area contributed by atoms with E-state index in [0.717, 1.165) is 38.5 Å². The monoisotopic (exact) mass is 234 g/mol. The topological polar surface area (TPSA) is 24.5 Å². The first-order valence-corrected chi connectivity index (χ1v) is 6.28. The summed E-state index contributed by atoms with van der Waals surface area (Å²) >= 11 is 0. The quantitative estimate of drug-likeness (QED) is 0.862. The third kappa shape index (κ3) is 2.79. The molecule has 1 fully saturated rings. The van der Waals surface area contributed by atoms with Crippen LogP contribution in [-0.2, 0) is 6.54 Å². The number of ether oxygens (including phenoxy) is 1. The second-order valence-corrected chi connectivity index (χ2v) is 4.73. The van der Waals surface area contributed by atoms with Gasteiger partial charge in [-0.3, -0.25) is 4.90 Å². The Hall–Kier alpha value is -1.06. The molecule has 2 rings (SSSR count).